The molecular weight excluding hydrogens is 428 g/mol. The summed E-state index contributed by atoms with van der Waals surface area (Å²) in [4.78, 5) is 12.9. The quantitative estimate of drug-likeness (QED) is 0.113. The number of carbonyl (C=O) groups is 1. The van der Waals surface area contributed by atoms with Crippen LogP contribution in [0.2, 0.25) is 0 Å². The third-order valence-electron chi connectivity index (χ3n) is 5.27. The summed E-state index contributed by atoms with van der Waals surface area (Å²) in [7, 11) is 1.58. The molecule has 0 saturated heterocycles. The third-order valence-corrected chi connectivity index (χ3v) is 5.27. The molecule has 4 rings (SSSR count). The molecule has 0 radical (unpaired) electrons. The zero-order valence-electron chi connectivity index (χ0n) is 19.2. The summed E-state index contributed by atoms with van der Waals surface area (Å²) in [6.07, 6.45) is 2.05. The lowest BCUT2D eigenvalue weighted by Crippen LogP contribution is -2.08. The molecule has 0 spiro atoms. The number of unbranched alkanes of at least 4 members (excludes halogenated alkanes) is 1. The van der Waals surface area contributed by atoms with Gasteiger partial charge in [0, 0.05) is 5.39 Å². The SMILES string of the molecule is CCCCOc1ccc(C(=O)Oc2ccc3ccccc3c2N=Nc2ccccc2OC)cc1. The van der Waals surface area contributed by atoms with Crippen LogP contribution in [0.4, 0.5) is 11.4 Å². The molecule has 0 aliphatic carbocycles. The average molecular weight is 455 g/mol. The Hall–Kier alpha value is -4.19. The first-order valence-electron chi connectivity index (χ1n) is 11.2. The largest absolute Gasteiger partial charge is 0.494 e. The highest BCUT2D eigenvalue weighted by Crippen LogP contribution is 2.38. The van der Waals surface area contributed by atoms with E-state index in [1.54, 1.807) is 37.4 Å². The fourth-order valence-electron chi connectivity index (χ4n) is 3.42. The van der Waals surface area contributed by atoms with Crippen molar-refractivity contribution in [3.8, 4) is 17.2 Å². The number of esters is 1. The highest BCUT2D eigenvalue weighted by atomic mass is 16.5. The molecule has 0 heterocycles. The van der Waals surface area contributed by atoms with E-state index in [1.807, 2.05) is 54.6 Å². The van der Waals surface area contributed by atoms with E-state index in [0.717, 1.165) is 29.4 Å². The van der Waals surface area contributed by atoms with Crippen LogP contribution in [0.1, 0.15) is 30.1 Å². The van der Waals surface area contributed by atoms with Crippen LogP contribution in [0.15, 0.2) is 95.2 Å². The van der Waals surface area contributed by atoms with Crippen molar-refractivity contribution in [3.05, 3.63) is 90.5 Å². The lowest BCUT2D eigenvalue weighted by atomic mass is 10.1. The summed E-state index contributed by atoms with van der Waals surface area (Å²) in [6, 6.07) is 25.7. The van der Waals surface area contributed by atoms with E-state index in [0.29, 0.717) is 35.0 Å². The van der Waals surface area contributed by atoms with Gasteiger partial charge in [0.05, 0.1) is 19.3 Å². The Balaban J connectivity index is 1.62. The second kappa shape index (κ2) is 11.1. The first kappa shape index (κ1) is 23.0. The summed E-state index contributed by atoms with van der Waals surface area (Å²) < 4.78 is 16.8. The molecule has 34 heavy (non-hydrogen) atoms. The van der Waals surface area contributed by atoms with Crippen molar-refractivity contribution in [1.82, 2.24) is 0 Å². The van der Waals surface area contributed by atoms with Gasteiger partial charge in [0.2, 0.25) is 0 Å². The minimum atomic E-state index is -0.482. The third kappa shape index (κ3) is 5.41. The van der Waals surface area contributed by atoms with Crippen molar-refractivity contribution in [2.75, 3.05) is 13.7 Å². The minimum Gasteiger partial charge on any atom is -0.494 e. The van der Waals surface area contributed by atoms with Gasteiger partial charge in [0.25, 0.3) is 0 Å². The summed E-state index contributed by atoms with van der Waals surface area (Å²) in [5.41, 5.74) is 1.47. The number of para-hydroxylation sites is 1. The van der Waals surface area contributed by atoms with Crippen molar-refractivity contribution < 1.29 is 19.0 Å². The molecule has 0 aliphatic heterocycles. The maximum absolute atomic E-state index is 12.9. The average Bonchev–Trinajstić information content (AvgIpc) is 2.88. The van der Waals surface area contributed by atoms with E-state index >= 15 is 0 Å². The Bertz CT molecular complexity index is 1300. The van der Waals surface area contributed by atoms with Crippen LogP contribution < -0.4 is 14.2 Å². The molecule has 0 amide bonds. The predicted molar refractivity (Wildman–Crippen MR) is 133 cm³/mol. The van der Waals surface area contributed by atoms with E-state index in [-0.39, 0.29) is 0 Å². The summed E-state index contributed by atoms with van der Waals surface area (Å²) in [6.45, 7) is 2.76. The van der Waals surface area contributed by atoms with E-state index in [1.165, 1.54) is 0 Å². The minimum absolute atomic E-state index is 0.325. The van der Waals surface area contributed by atoms with E-state index < -0.39 is 5.97 Å². The summed E-state index contributed by atoms with van der Waals surface area (Å²) in [5, 5.41) is 10.6. The lowest BCUT2D eigenvalue weighted by molar-refractivity contribution is 0.0735. The molecule has 0 N–H and O–H groups in total. The maximum atomic E-state index is 12.9. The maximum Gasteiger partial charge on any atom is 0.343 e. The molecule has 0 bridgehead atoms. The number of fused-ring (bicyclic) bond motifs is 1. The van der Waals surface area contributed by atoms with Gasteiger partial charge in [0.1, 0.15) is 22.9 Å². The highest BCUT2D eigenvalue weighted by Gasteiger charge is 2.15. The van der Waals surface area contributed by atoms with Gasteiger partial charge in [-0.25, -0.2) is 4.79 Å². The van der Waals surface area contributed by atoms with Crippen LogP contribution in [0, 0.1) is 0 Å². The summed E-state index contributed by atoms with van der Waals surface area (Å²) in [5.74, 6) is 1.17. The van der Waals surface area contributed by atoms with Gasteiger partial charge in [-0.2, -0.15) is 0 Å². The molecular formula is C28H26N2O4. The number of ether oxygens (including phenoxy) is 3. The van der Waals surface area contributed by atoms with Crippen LogP contribution in [-0.4, -0.2) is 19.7 Å². The van der Waals surface area contributed by atoms with Gasteiger partial charge in [-0.1, -0.05) is 55.8 Å². The molecule has 0 saturated carbocycles. The number of nitrogens with zero attached hydrogens (tertiary/aromatic N) is 2. The van der Waals surface area contributed by atoms with Crippen molar-refractivity contribution >= 4 is 28.1 Å². The zero-order valence-corrected chi connectivity index (χ0v) is 19.2. The van der Waals surface area contributed by atoms with Crippen LogP contribution >= 0.6 is 0 Å². The van der Waals surface area contributed by atoms with Crippen molar-refractivity contribution in [2.24, 2.45) is 10.2 Å². The number of benzene rings is 4. The lowest BCUT2D eigenvalue weighted by Gasteiger charge is -2.10. The van der Waals surface area contributed by atoms with Crippen molar-refractivity contribution in [1.29, 1.82) is 0 Å². The van der Waals surface area contributed by atoms with E-state index in [2.05, 4.69) is 17.2 Å². The van der Waals surface area contributed by atoms with Crippen LogP contribution in [0.25, 0.3) is 10.8 Å². The molecule has 0 aromatic heterocycles. The number of carbonyl (C=O) groups excluding carboxylic acids is 1. The van der Waals surface area contributed by atoms with Gasteiger partial charge in [0.15, 0.2) is 5.75 Å². The fraction of sp³-hybridized carbons (Fsp3) is 0.179. The Kier molecular flexibility index (Phi) is 7.50. The van der Waals surface area contributed by atoms with Crippen LogP contribution in [-0.2, 0) is 0 Å². The summed E-state index contributed by atoms with van der Waals surface area (Å²) >= 11 is 0. The monoisotopic (exact) mass is 454 g/mol. The Labute approximate surface area is 198 Å². The first-order chi connectivity index (χ1) is 16.7. The zero-order chi connectivity index (χ0) is 23.8. The number of rotatable bonds is 9. The molecule has 4 aromatic carbocycles. The Morgan fingerprint density at radius 2 is 1.59 bits per heavy atom. The van der Waals surface area contributed by atoms with E-state index in [9.17, 15) is 4.79 Å². The Morgan fingerprint density at radius 3 is 2.38 bits per heavy atom. The standard InChI is InChI=1S/C28H26N2O4/c1-3-4-19-33-22-16-13-21(14-17-22)28(31)34-26-18-15-20-9-5-6-10-23(20)27(26)30-29-24-11-7-8-12-25(24)32-2/h5-18H,3-4,19H2,1-2H3. The fourth-order valence-corrected chi connectivity index (χ4v) is 3.42. The molecule has 0 aliphatic rings. The van der Waals surface area contributed by atoms with Crippen molar-refractivity contribution in [2.45, 2.75) is 19.8 Å². The van der Waals surface area contributed by atoms with E-state index in [4.69, 9.17) is 14.2 Å². The number of hydrogen-bond acceptors (Lipinski definition) is 6. The van der Waals surface area contributed by atoms with Gasteiger partial charge < -0.3 is 14.2 Å². The van der Waals surface area contributed by atoms with Crippen LogP contribution in [0.5, 0.6) is 17.2 Å². The number of azo groups is 1. The first-order valence-corrected chi connectivity index (χ1v) is 11.2. The molecule has 172 valence electrons. The predicted octanol–water partition coefficient (Wildman–Crippen LogP) is 7.66. The molecule has 0 atom stereocenters. The molecule has 6 heteroatoms. The van der Waals surface area contributed by atoms with Gasteiger partial charge in [-0.3, -0.25) is 0 Å². The highest BCUT2D eigenvalue weighted by molar-refractivity contribution is 5.98. The van der Waals surface area contributed by atoms with Gasteiger partial charge in [-0.05, 0) is 54.3 Å². The normalized spacial score (nSPS) is 11.0. The molecule has 0 unspecified atom stereocenters. The second-order valence-electron chi connectivity index (χ2n) is 7.62. The van der Waals surface area contributed by atoms with Crippen LogP contribution in [0.3, 0.4) is 0 Å². The van der Waals surface area contributed by atoms with Crippen molar-refractivity contribution in [3.63, 3.8) is 0 Å². The Morgan fingerprint density at radius 1 is 0.824 bits per heavy atom. The molecule has 6 nitrogen and oxygen atoms in total. The molecule has 4 aromatic rings. The number of hydrogen-bond donors (Lipinski definition) is 0. The topological polar surface area (TPSA) is 69.5 Å². The molecule has 0 fully saturated rings. The number of methoxy groups -OCH3 is 1. The smallest absolute Gasteiger partial charge is 0.343 e. The van der Waals surface area contributed by atoms with Gasteiger partial charge in [-0.15, -0.1) is 10.2 Å². The second-order valence-corrected chi connectivity index (χ2v) is 7.62. The van der Waals surface area contributed by atoms with Gasteiger partial charge >= 0.3 is 5.97 Å².